The Labute approximate surface area is 176 Å². The number of carbonyl (C=O) groups excluding carboxylic acids is 2. The monoisotopic (exact) mass is 431 g/mol. The highest BCUT2D eigenvalue weighted by atomic mass is 35.5. The average molecular weight is 432 g/mol. The fourth-order valence-corrected chi connectivity index (χ4v) is 3.62. The summed E-state index contributed by atoms with van der Waals surface area (Å²) in [5, 5.41) is 6.60. The minimum absolute atomic E-state index is 0.169. The normalized spacial score (nSPS) is 10.6. The zero-order chi connectivity index (χ0) is 20.6. The average Bonchev–Trinajstić information content (AvgIpc) is 3.12. The predicted molar refractivity (Wildman–Crippen MR) is 113 cm³/mol. The van der Waals surface area contributed by atoms with E-state index in [0.717, 1.165) is 10.4 Å². The summed E-state index contributed by atoms with van der Waals surface area (Å²) in [5.74, 6) is -0.648. The van der Waals surface area contributed by atoms with Crippen molar-refractivity contribution in [2.45, 2.75) is 19.3 Å². The molecule has 0 unspecified atom stereocenters. The van der Waals surface area contributed by atoms with Crippen LogP contribution in [0, 0.1) is 5.82 Å². The van der Waals surface area contributed by atoms with Gasteiger partial charge in [0, 0.05) is 41.0 Å². The molecule has 150 valence electrons. The molecule has 0 saturated heterocycles. The van der Waals surface area contributed by atoms with Gasteiger partial charge < -0.3 is 10.6 Å². The van der Waals surface area contributed by atoms with Gasteiger partial charge in [0.2, 0.25) is 5.91 Å². The van der Waals surface area contributed by atoms with Gasteiger partial charge in [-0.1, -0.05) is 23.7 Å². The molecule has 3 aromatic rings. The Morgan fingerprint density at radius 2 is 1.93 bits per heavy atom. The lowest BCUT2D eigenvalue weighted by Gasteiger charge is -2.05. The third-order valence-corrected chi connectivity index (χ3v) is 5.20. The van der Waals surface area contributed by atoms with Crippen molar-refractivity contribution in [3.05, 3.63) is 81.6 Å². The maximum absolute atomic E-state index is 13.3. The van der Waals surface area contributed by atoms with Crippen LogP contribution in [0.3, 0.4) is 0 Å². The number of thiazole rings is 1. The Kier molecular flexibility index (Phi) is 7.32. The number of aromatic nitrogens is 1. The van der Waals surface area contributed by atoms with Gasteiger partial charge in [-0.05, 0) is 48.4 Å². The van der Waals surface area contributed by atoms with Gasteiger partial charge in [0.05, 0.1) is 0 Å². The first-order valence-corrected chi connectivity index (χ1v) is 10.2. The third kappa shape index (κ3) is 6.66. The van der Waals surface area contributed by atoms with E-state index in [-0.39, 0.29) is 24.1 Å². The van der Waals surface area contributed by atoms with Crippen LogP contribution in [-0.4, -0.2) is 23.3 Å². The molecule has 0 spiro atoms. The zero-order valence-electron chi connectivity index (χ0n) is 15.5. The summed E-state index contributed by atoms with van der Waals surface area (Å²) < 4.78 is 13.3. The van der Waals surface area contributed by atoms with Gasteiger partial charge in [0.15, 0.2) is 5.13 Å². The summed E-state index contributed by atoms with van der Waals surface area (Å²) in [5.41, 5.74) is 1.37. The van der Waals surface area contributed by atoms with Crippen molar-refractivity contribution in [1.82, 2.24) is 10.3 Å². The molecule has 8 heteroatoms. The fraction of sp³-hybridized carbons (Fsp3) is 0.190. The molecule has 0 aliphatic heterocycles. The topological polar surface area (TPSA) is 71.1 Å². The Hall–Kier alpha value is -2.77. The molecular weight excluding hydrogens is 413 g/mol. The Morgan fingerprint density at radius 1 is 1.14 bits per heavy atom. The van der Waals surface area contributed by atoms with Crippen LogP contribution in [-0.2, 0) is 11.2 Å². The molecule has 0 bridgehead atoms. The summed E-state index contributed by atoms with van der Waals surface area (Å²) in [6.45, 7) is 0.386. The first kappa shape index (κ1) is 21.0. The van der Waals surface area contributed by atoms with Crippen LogP contribution in [0.5, 0.6) is 0 Å². The number of amides is 2. The number of halogens is 2. The number of anilines is 1. The Morgan fingerprint density at radius 3 is 2.69 bits per heavy atom. The van der Waals surface area contributed by atoms with E-state index in [1.54, 1.807) is 36.5 Å². The van der Waals surface area contributed by atoms with E-state index >= 15 is 0 Å². The second kappa shape index (κ2) is 10.1. The van der Waals surface area contributed by atoms with Crippen molar-refractivity contribution in [1.29, 1.82) is 0 Å². The van der Waals surface area contributed by atoms with E-state index in [1.807, 2.05) is 6.07 Å². The lowest BCUT2D eigenvalue weighted by atomic mass is 10.1. The van der Waals surface area contributed by atoms with Gasteiger partial charge in [0.25, 0.3) is 5.91 Å². The minimum Gasteiger partial charge on any atom is -0.352 e. The number of nitrogens with one attached hydrogen (secondary N) is 2. The number of nitrogens with zero attached hydrogens (tertiary/aromatic N) is 1. The van der Waals surface area contributed by atoms with Crippen LogP contribution in [0.25, 0.3) is 0 Å². The first-order valence-electron chi connectivity index (χ1n) is 9.02. The minimum atomic E-state index is -0.274. The summed E-state index contributed by atoms with van der Waals surface area (Å²) in [4.78, 5) is 29.2. The molecule has 1 heterocycles. The molecule has 2 amide bonds. The van der Waals surface area contributed by atoms with Crippen LogP contribution in [0.2, 0.25) is 5.02 Å². The molecule has 5 nitrogen and oxygen atoms in total. The molecule has 1 aromatic heterocycles. The molecule has 0 atom stereocenters. The maximum Gasteiger partial charge on any atom is 0.251 e. The quantitative estimate of drug-likeness (QED) is 0.509. The van der Waals surface area contributed by atoms with Crippen molar-refractivity contribution >= 4 is 39.9 Å². The van der Waals surface area contributed by atoms with Crippen molar-refractivity contribution in [2.75, 3.05) is 11.9 Å². The van der Waals surface area contributed by atoms with E-state index in [0.29, 0.717) is 35.1 Å². The highest BCUT2D eigenvalue weighted by molar-refractivity contribution is 7.15. The number of carbonyl (C=O) groups is 2. The largest absolute Gasteiger partial charge is 0.352 e. The van der Waals surface area contributed by atoms with Crippen LogP contribution < -0.4 is 10.6 Å². The Bertz CT molecular complexity index is 992. The van der Waals surface area contributed by atoms with Gasteiger partial charge in [-0.3, -0.25) is 9.59 Å². The number of benzene rings is 2. The number of hydrogen-bond acceptors (Lipinski definition) is 4. The van der Waals surface area contributed by atoms with E-state index in [4.69, 9.17) is 11.6 Å². The molecule has 0 radical (unpaired) electrons. The smallest absolute Gasteiger partial charge is 0.251 e. The molecular formula is C21H19ClFN3O2S. The molecule has 2 N–H and O–H groups in total. The summed E-state index contributed by atoms with van der Waals surface area (Å²) in [7, 11) is 0. The van der Waals surface area contributed by atoms with Gasteiger partial charge in [0.1, 0.15) is 5.82 Å². The molecule has 0 saturated carbocycles. The summed E-state index contributed by atoms with van der Waals surface area (Å²) >= 11 is 7.16. The van der Waals surface area contributed by atoms with E-state index in [1.165, 1.54) is 23.5 Å². The zero-order valence-corrected chi connectivity index (χ0v) is 17.0. The van der Waals surface area contributed by atoms with Crippen molar-refractivity contribution in [2.24, 2.45) is 0 Å². The van der Waals surface area contributed by atoms with Crippen LogP contribution in [0.15, 0.2) is 54.7 Å². The highest BCUT2D eigenvalue weighted by Crippen LogP contribution is 2.21. The molecule has 0 aliphatic carbocycles. The lowest BCUT2D eigenvalue weighted by molar-refractivity contribution is -0.116. The molecule has 3 rings (SSSR count). The highest BCUT2D eigenvalue weighted by Gasteiger charge is 2.09. The van der Waals surface area contributed by atoms with Crippen LogP contribution in [0.1, 0.15) is 33.6 Å². The van der Waals surface area contributed by atoms with Gasteiger partial charge in [-0.2, -0.15) is 0 Å². The standard InChI is InChI=1S/C21H19ClFN3O2S/c22-16-8-6-15(7-9-16)20(28)24-10-2-5-19(27)26-21-25-13-18(29-21)12-14-3-1-4-17(23)11-14/h1,3-4,6-9,11,13H,2,5,10,12H2,(H,24,28)(H,25,26,27). The van der Waals surface area contributed by atoms with Gasteiger partial charge >= 0.3 is 0 Å². The predicted octanol–water partition coefficient (Wildman–Crippen LogP) is 4.68. The van der Waals surface area contributed by atoms with E-state index < -0.39 is 0 Å². The van der Waals surface area contributed by atoms with Crippen LogP contribution in [0.4, 0.5) is 9.52 Å². The number of rotatable bonds is 8. The van der Waals surface area contributed by atoms with Crippen molar-refractivity contribution in [3.8, 4) is 0 Å². The molecule has 2 aromatic carbocycles. The molecule has 0 aliphatic rings. The summed E-state index contributed by atoms with van der Waals surface area (Å²) in [6, 6.07) is 13.0. The lowest BCUT2D eigenvalue weighted by Crippen LogP contribution is -2.25. The second-order valence-electron chi connectivity index (χ2n) is 6.35. The van der Waals surface area contributed by atoms with Crippen molar-refractivity contribution < 1.29 is 14.0 Å². The van der Waals surface area contributed by atoms with Crippen molar-refractivity contribution in [3.63, 3.8) is 0 Å². The van der Waals surface area contributed by atoms with Gasteiger partial charge in [-0.15, -0.1) is 11.3 Å². The molecule has 29 heavy (non-hydrogen) atoms. The first-order chi connectivity index (χ1) is 14.0. The van der Waals surface area contributed by atoms with E-state index in [9.17, 15) is 14.0 Å². The van der Waals surface area contributed by atoms with E-state index in [2.05, 4.69) is 15.6 Å². The maximum atomic E-state index is 13.3. The van der Waals surface area contributed by atoms with Gasteiger partial charge in [-0.25, -0.2) is 9.37 Å². The second-order valence-corrected chi connectivity index (χ2v) is 7.90. The SMILES string of the molecule is O=C(CCCNC(=O)c1ccc(Cl)cc1)Nc1ncc(Cc2cccc(F)c2)s1. The Balaban J connectivity index is 1.39. The third-order valence-electron chi connectivity index (χ3n) is 4.04. The van der Waals surface area contributed by atoms with Crippen LogP contribution >= 0.6 is 22.9 Å². The number of hydrogen-bond donors (Lipinski definition) is 2. The summed E-state index contributed by atoms with van der Waals surface area (Å²) in [6.07, 6.45) is 3.01. The molecule has 0 fully saturated rings. The fourth-order valence-electron chi connectivity index (χ4n) is 2.63.